The lowest BCUT2D eigenvalue weighted by molar-refractivity contribution is -0.118. The van der Waals surface area contributed by atoms with Crippen molar-refractivity contribution in [2.45, 2.75) is 31.7 Å². The Labute approximate surface area is 178 Å². The van der Waals surface area contributed by atoms with Crippen LogP contribution in [0.4, 0.5) is 5.13 Å². The number of thiazole rings is 1. The van der Waals surface area contributed by atoms with Crippen molar-refractivity contribution >= 4 is 44.4 Å². The van der Waals surface area contributed by atoms with Gasteiger partial charge in [0.05, 0.1) is 29.4 Å². The van der Waals surface area contributed by atoms with Gasteiger partial charge < -0.3 is 4.42 Å². The second-order valence-corrected chi connectivity index (χ2v) is 8.90. The number of carbonyl (C=O) groups is 1. The van der Waals surface area contributed by atoms with Gasteiger partial charge in [-0.2, -0.15) is 0 Å². The van der Waals surface area contributed by atoms with Gasteiger partial charge in [-0.25, -0.2) is 4.98 Å². The van der Waals surface area contributed by atoms with Gasteiger partial charge in [0.1, 0.15) is 5.76 Å². The van der Waals surface area contributed by atoms with Gasteiger partial charge in [0.25, 0.3) is 0 Å². The number of amides is 1. The van der Waals surface area contributed by atoms with Crippen LogP contribution in [0.1, 0.15) is 22.5 Å². The van der Waals surface area contributed by atoms with E-state index in [1.165, 1.54) is 10.5 Å². The molecule has 2 heterocycles. The van der Waals surface area contributed by atoms with Crippen molar-refractivity contribution in [1.82, 2.24) is 4.98 Å². The highest BCUT2D eigenvalue weighted by molar-refractivity contribution is 7.98. The van der Waals surface area contributed by atoms with E-state index in [1.54, 1.807) is 34.3 Å². The maximum atomic E-state index is 13.3. The third kappa shape index (κ3) is 4.38. The molecule has 0 N–H and O–H groups in total. The summed E-state index contributed by atoms with van der Waals surface area (Å²) in [7, 11) is 0. The van der Waals surface area contributed by atoms with Gasteiger partial charge in [-0.15, -0.1) is 11.8 Å². The number of benzene rings is 2. The highest BCUT2D eigenvalue weighted by Gasteiger charge is 2.22. The number of hydrogen-bond acceptors (Lipinski definition) is 5. The van der Waals surface area contributed by atoms with E-state index in [0.29, 0.717) is 18.1 Å². The fourth-order valence-electron chi connectivity index (χ4n) is 3.31. The summed E-state index contributed by atoms with van der Waals surface area (Å²) >= 11 is 3.24. The number of furan rings is 1. The van der Waals surface area contributed by atoms with Gasteiger partial charge in [0.2, 0.25) is 5.91 Å². The molecule has 148 valence electrons. The van der Waals surface area contributed by atoms with Gasteiger partial charge in [-0.05, 0) is 67.1 Å². The quantitative estimate of drug-likeness (QED) is 0.357. The van der Waals surface area contributed by atoms with Crippen molar-refractivity contribution in [3.63, 3.8) is 0 Å². The first-order valence-electron chi connectivity index (χ1n) is 9.37. The van der Waals surface area contributed by atoms with E-state index in [2.05, 4.69) is 26.0 Å². The monoisotopic (exact) mass is 422 g/mol. The topological polar surface area (TPSA) is 46.3 Å². The van der Waals surface area contributed by atoms with Gasteiger partial charge in [0, 0.05) is 4.90 Å². The number of rotatable bonds is 6. The zero-order chi connectivity index (χ0) is 20.4. The molecule has 6 heteroatoms. The molecule has 0 spiro atoms. The predicted octanol–water partition coefficient (Wildman–Crippen LogP) is 6.00. The molecule has 2 aromatic carbocycles. The molecule has 0 aliphatic carbocycles. The van der Waals surface area contributed by atoms with Gasteiger partial charge in [-0.3, -0.25) is 9.69 Å². The smallest absolute Gasteiger partial charge is 0.233 e. The minimum Gasteiger partial charge on any atom is -0.467 e. The Morgan fingerprint density at radius 1 is 1.17 bits per heavy atom. The minimum atomic E-state index is 0.00623. The van der Waals surface area contributed by atoms with Gasteiger partial charge in [-0.1, -0.05) is 29.5 Å². The molecule has 2 aromatic heterocycles. The zero-order valence-electron chi connectivity index (χ0n) is 16.6. The first-order chi connectivity index (χ1) is 14.0. The summed E-state index contributed by atoms with van der Waals surface area (Å²) in [5.74, 6) is 0.745. The lowest BCUT2D eigenvalue weighted by Gasteiger charge is -2.19. The van der Waals surface area contributed by atoms with Crippen LogP contribution < -0.4 is 4.90 Å². The predicted molar refractivity (Wildman–Crippen MR) is 121 cm³/mol. The normalized spacial score (nSPS) is 11.1. The van der Waals surface area contributed by atoms with Crippen LogP contribution in [0, 0.1) is 13.8 Å². The summed E-state index contributed by atoms with van der Waals surface area (Å²) < 4.78 is 6.61. The molecule has 0 unspecified atom stereocenters. The van der Waals surface area contributed by atoms with Crippen molar-refractivity contribution in [3.8, 4) is 0 Å². The minimum absolute atomic E-state index is 0.00623. The third-order valence-corrected chi connectivity index (χ3v) is 6.53. The maximum absolute atomic E-state index is 13.3. The van der Waals surface area contributed by atoms with Crippen LogP contribution >= 0.6 is 23.1 Å². The summed E-state index contributed by atoms with van der Waals surface area (Å²) in [4.78, 5) is 21.0. The molecule has 0 aliphatic rings. The van der Waals surface area contributed by atoms with Crippen LogP contribution in [0.2, 0.25) is 0 Å². The fraction of sp³-hybridized carbons (Fsp3) is 0.217. The Morgan fingerprint density at radius 2 is 1.97 bits per heavy atom. The van der Waals surface area contributed by atoms with E-state index in [1.807, 2.05) is 42.7 Å². The largest absolute Gasteiger partial charge is 0.467 e. The number of anilines is 1. The first kappa shape index (κ1) is 19.7. The number of hydrogen-bond donors (Lipinski definition) is 0. The summed E-state index contributed by atoms with van der Waals surface area (Å²) in [5.41, 5.74) is 4.27. The van der Waals surface area contributed by atoms with Crippen LogP contribution in [0.25, 0.3) is 10.2 Å². The summed E-state index contributed by atoms with van der Waals surface area (Å²) in [6.45, 7) is 4.51. The number of aryl methyl sites for hydroxylation is 2. The number of carbonyl (C=O) groups excluding carboxylic acids is 1. The van der Waals surface area contributed by atoms with E-state index >= 15 is 0 Å². The van der Waals surface area contributed by atoms with Crippen LogP contribution in [0.5, 0.6) is 0 Å². The highest BCUT2D eigenvalue weighted by Crippen LogP contribution is 2.33. The lowest BCUT2D eigenvalue weighted by atomic mass is 10.1. The molecule has 0 radical (unpaired) electrons. The molecule has 4 rings (SSSR count). The number of aromatic nitrogens is 1. The average Bonchev–Trinajstić information content (AvgIpc) is 3.36. The Morgan fingerprint density at radius 3 is 2.66 bits per heavy atom. The van der Waals surface area contributed by atoms with Gasteiger partial charge >= 0.3 is 0 Å². The molecule has 0 atom stereocenters. The molecule has 0 fully saturated rings. The Kier molecular flexibility index (Phi) is 5.74. The average molecular weight is 423 g/mol. The first-order valence-corrected chi connectivity index (χ1v) is 11.4. The highest BCUT2D eigenvalue weighted by atomic mass is 32.2. The third-order valence-electron chi connectivity index (χ3n) is 4.76. The van der Waals surface area contributed by atoms with Crippen molar-refractivity contribution in [1.29, 1.82) is 0 Å². The Balaban J connectivity index is 1.67. The number of nitrogens with zero attached hydrogens (tertiary/aromatic N) is 2. The van der Waals surface area contributed by atoms with E-state index < -0.39 is 0 Å². The molecule has 29 heavy (non-hydrogen) atoms. The SMILES string of the molecule is CSc1ccc(CC(=O)N(Cc2ccco2)c2nc3c(C)cc(C)cc3s2)cc1. The molecular formula is C23H22N2O2S2. The van der Waals surface area contributed by atoms with Crippen molar-refractivity contribution in [3.05, 3.63) is 77.2 Å². The summed E-state index contributed by atoms with van der Waals surface area (Å²) in [6.07, 6.45) is 4.00. The molecule has 0 bridgehead atoms. The van der Waals surface area contributed by atoms with E-state index in [9.17, 15) is 4.79 Å². The van der Waals surface area contributed by atoms with Crippen molar-refractivity contribution in [2.24, 2.45) is 0 Å². The van der Waals surface area contributed by atoms with E-state index in [0.717, 1.165) is 27.1 Å². The Hall–Kier alpha value is -2.57. The second kappa shape index (κ2) is 8.43. The zero-order valence-corrected chi connectivity index (χ0v) is 18.3. The number of thioether (sulfide) groups is 1. The van der Waals surface area contributed by atoms with Crippen LogP contribution in [-0.2, 0) is 17.8 Å². The second-order valence-electron chi connectivity index (χ2n) is 7.01. The maximum Gasteiger partial charge on any atom is 0.233 e. The molecule has 4 nitrogen and oxygen atoms in total. The number of fused-ring (bicyclic) bond motifs is 1. The molecular weight excluding hydrogens is 400 g/mol. The Bertz CT molecular complexity index is 1130. The van der Waals surface area contributed by atoms with E-state index in [4.69, 9.17) is 9.40 Å². The molecule has 0 saturated carbocycles. The van der Waals surface area contributed by atoms with Crippen LogP contribution in [-0.4, -0.2) is 17.1 Å². The van der Waals surface area contributed by atoms with Crippen LogP contribution in [0.3, 0.4) is 0 Å². The lowest BCUT2D eigenvalue weighted by Crippen LogP contribution is -2.31. The molecule has 0 saturated heterocycles. The molecule has 4 aromatic rings. The molecule has 1 amide bonds. The van der Waals surface area contributed by atoms with Crippen LogP contribution in [0.15, 0.2) is 64.1 Å². The summed E-state index contributed by atoms with van der Waals surface area (Å²) in [6, 6.07) is 16.1. The van der Waals surface area contributed by atoms with Crippen molar-refractivity contribution < 1.29 is 9.21 Å². The summed E-state index contributed by atoms with van der Waals surface area (Å²) in [5, 5.41) is 0.704. The van der Waals surface area contributed by atoms with Crippen molar-refractivity contribution in [2.75, 3.05) is 11.2 Å². The fourth-order valence-corrected chi connectivity index (χ4v) is 4.88. The standard InChI is InChI=1S/C23H22N2O2S2/c1-15-11-16(2)22-20(12-15)29-23(24-22)25(14-18-5-4-10-27-18)21(26)13-17-6-8-19(28-3)9-7-17/h4-12H,13-14H2,1-3H3. The molecule has 0 aliphatic heterocycles. The van der Waals surface area contributed by atoms with Gasteiger partial charge in [0.15, 0.2) is 5.13 Å². The van der Waals surface area contributed by atoms with E-state index in [-0.39, 0.29) is 5.91 Å².